The molecule has 0 spiro atoms. The van der Waals surface area contributed by atoms with Gasteiger partial charge in [-0.05, 0) is 106 Å². The van der Waals surface area contributed by atoms with Crippen LogP contribution in [0.1, 0.15) is 81.3 Å². The van der Waals surface area contributed by atoms with E-state index in [-0.39, 0.29) is 36.6 Å². The van der Waals surface area contributed by atoms with Crippen molar-refractivity contribution in [2.24, 2.45) is 40.9 Å². The summed E-state index contributed by atoms with van der Waals surface area (Å²) >= 11 is 0. The SMILES string of the molecule is O=C1NCC[C@H]1C[C@H](NC(=O)[C@@H]1[C@H]2CCC[C@H]2CN1C(=O)[C@@H](NC(=O)C(F)(F)F)C12CC3CC(CC(C3)C1)C2)C(=O)c1nc2ccccc2o1. The van der Waals surface area contributed by atoms with Gasteiger partial charge in [0.25, 0.3) is 5.89 Å². The normalized spacial score (nSPS) is 34.0. The minimum atomic E-state index is -5.18. The molecule has 5 aliphatic carbocycles. The van der Waals surface area contributed by atoms with E-state index < -0.39 is 59.1 Å². The number of nitrogens with zero attached hydrogens (tertiary/aromatic N) is 2. The molecule has 2 aromatic rings. The van der Waals surface area contributed by atoms with E-state index in [1.54, 1.807) is 24.3 Å². The zero-order chi connectivity index (χ0) is 34.9. The van der Waals surface area contributed by atoms with Crippen LogP contribution in [0.25, 0.3) is 11.1 Å². The number of carbonyl (C=O) groups is 5. The van der Waals surface area contributed by atoms with Gasteiger partial charge in [-0.1, -0.05) is 18.6 Å². The van der Waals surface area contributed by atoms with Crippen molar-refractivity contribution in [3.8, 4) is 0 Å². The molecule has 4 bridgehead atoms. The maximum atomic E-state index is 14.8. The topological polar surface area (TPSA) is 151 Å². The molecule has 2 saturated heterocycles. The summed E-state index contributed by atoms with van der Waals surface area (Å²) in [4.78, 5) is 74.0. The summed E-state index contributed by atoms with van der Waals surface area (Å²) in [5, 5.41) is 7.77. The number of benzene rings is 1. The monoisotopic (exact) mass is 697 g/mol. The molecule has 3 heterocycles. The van der Waals surface area contributed by atoms with Gasteiger partial charge in [-0.3, -0.25) is 24.0 Å². The van der Waals surface area contributed by atoms with Crippen LogP contribution in [0.4, 0.5) is 13.2 Å². The van der Waals surface area contributed by atoms with Crippen molar-refractivity contribution in [1.29, 1.82) is 0 Å². The molecule has 0 radical (unpaired) electrons. The molecular formula is C36H42F3N5O6. The molecule has 50 heavy (non-hydrogen) atoms. The molecule has 4 amide bonds. The van der Waals surface area contributed by atoms with E-state index in [9.17, 15) is 37.1 Å². The standard InChI is InChI=1S/C36H42F3N5O6/c37-36(38,39)34(49)43-29(35-14-18-10-19(15-35)12-20(11-18)16-35)33(48)44-17-22-4-3-5-23(22)27(44)31(47)41-25(13-21-8-9-40-30(21)46)28(45)32-42-24-6-1-2-7-26(24)50-32/h1-2,6-7,18-23,25,27,29H,3-5,8-17H2,(H,40,46)(H,41,47)(H,43,49)/t18?,19?,20?,21-,22-,23-,25-,27-,29+,35?/m0/s1. The van der Waals surface area contributed by atoms with Crippen LogP contribution >= 0.6 is 0 Å². The summed E-state index contributed by atoms with van der Waals surface area (Å²) in [6.07, 6.45) is 2.16. The minimum Gasteiger partial charge on any atom is -0.434 e. The largest absolute Gasteiger partial charge is 0.471 e. The van der Waals surface area contributed by atoms with E-state index in [0.717, 1.165) is 32.1 Å². The second kappa shape index (κ2) is 12.4. The predicted octanol–water partition coefficient (Wildman–Crippen LogP) is 3.91. The van der Waals surface area contributed by atoms with Crippen LogP contribution in [0, 0.1) is 40.9 Å². The Morgan fingerprint density at radius 3 is 2.34 bits per heavy atom. The van der Waals surface area contributed by atoms with Crippen LogP contribution in [0.2, 0.25) is 0 Å². The number of likely N-dealkylation sites (tertiary alicyclic amines) is 1. The van der Waals surface area contributed by atoms with Crippen molar-refractivity contribution in [3.05, 3.63) is 30.2 Å². The fourth-order valence-corrected chi connectivity index (χ4v) is 11.0. The fraction of sp³-hybridized carbons (Fsp3) is 0.667. The Labute approximate surface area is 286 Å². The van der Waals surface area contributed by atoms with Crippen LogP contribution in [-0.4, -0.2) is 76.7 Å². The number of hydrogen-bond donors (Lipinski definition) is 3. The third-order valence-electron chi connectivity index (χ3n) is 12.7. The molecule has 0 unspecified atom stereocenters. The van der Waals surface area contributed by atoms with Crippen molar-refractivity contribution < 1.29 is 41.6 Å². The molecule has 11 nitrogen and oxygen atoms in total. The van der Waals surface area contributed by atoms with Crippen molar-refractivity contribution in [2.45, 2.75) is 94.9 Å². The van der Waals surface area contributed by atoms with Gasteiger partial charge in [0.05, 0.1) is 6.04 Å². The quantitative estimate of drug-likeness (QED) is 0.337. The molecule has 2 aliphatic heterocycles. The second-order valence-corrected chi connectivity index (χ2v) is 15.9. The van der Waals surface area contributed by atoms with Gasteiger partial charge >= 0.3 is 12.1 Å². The van der Waals surface area contributed by atoms with Crippen molar-refractivity contribution in [1.82, 2.24) is 25.8 Å². The number of hydrogen-bond acceptors (Lipinski definition) is 7. The van der Waals surface area contributed by atoms with E-state index >= 15 is 0 Å². The summed E-state index contributed by atoms with van der Waals surface area (Å²) < 4.78 is 47.0. The lowest BCUT2D eigenvalue weighted by molar-refractivity contribution is -0.179. The van der Waals surface area contributed by atoms with Gasteiger partial charge in [-0.15, -0.1) is 0 Å². The molecule has 14 heteroatoms. The first-order chi connectivity index (χ1) is 23.9. The number of carbonyl (C=O) groups excluding carboxylic acids is 5. The molecule has 1 aromatic heterocycles. The van der Waals surface area contributed by atoms with Gasteiger partial charge in [0, 0.05) is 24.4 Å². The number of aromatic nitrogens is 1. The third-order valence-corrected chi connectivity index (χ3v) is 12.7. The molecule has 6 atom stereocenters. The Morgan fingerprint density at radius 1 is 1.00 bits per heavy atom. The molecule has 7 aliphatic rings. The summed E-state index contributed by atoms with van der Waals surface area (Å²) in [6, 6.07) is 3.17. The highest BCUT2D eigenvalue weighted by Gasteiger charge is 2.60. The molecule has 3 N–H and O–H groups in total. The number of fused-ring (bicyclic) bond motifs is 2. The molecule has 5 saturated carbocycles. The lowest BCUT2D eigenvalue weighted by Gasteiger charge is -2.59. The highest BCUT2D eigenvalue weighted by atomic mass is 19.4. The summed E-state index contributed by atoms with van der Waals surface area (Å²) in [7, 11) is 0. The van der Waals surface area contributed by atoms with Crippen LogP contribution in [0.3, 0.4) is 0 Å². The molecule has 1 aromatic carbocycles. The Kier molecular flexibility index (Phi) is 8.21. The maximum absolute atomic E-state index is 14.8. The molecular weight excluding hydrogens is 655 g/mol. The van der Waals surface area contributed by atoms with Crippen molar-refractivity contribution in [2.75, 3.05) is 13.1 Å². The van der Waals surface area contributed by atoms with Gasteiger partial charge in [0.15, 0.2) is 5.58 Å². The smallest absolute Gasteiger partial charge is 0.434 e. The van der Waals surface area contributed by atoms with E-state index in [4.69, 9.17) is 4.42 Å². The highest BCUT2D eigenvalue weighted by Crippen LogP contribution is 2.61. The highest BCUT2D eigenvalue weighted by molar-refractivity contribution is 6.02. The Bertz CT molecular complexity index is 1660. The minimum absolute atomic E-state index is 0.0125. The Balaban J connectivity index is 1.10. The number of nitrogens with one attached hydrogen (secondary N) is 3. The van der Waals surface area contributed by atoms with Crippen LogP contribution in [-0.2, 0) is 19.2 Å². The number of ketones is 1. The van der Waals surface area contributed by atoms with Gasteiger partial charge < -0.3 is 25.3 Å². The number of halogens is 3. The first kappa shape index (κ1) is 33.2. The number of Topliss-reactive ketones (excluding diaryl/α,β-unsaturated/α-hetero) is 1. The first-order valence-corrected chi connectivity index (χ1v) is 18.0. The van der Waals surface area contributed by atoms with Crippen LogP contribution < -0.4 is 16.0 Å². The summed E-state index contributed by atoms with van der Waals surface area (Å²) in [6.45, 7) is 0.617. The second-order valence-electron chi connectivity index (χ2n) is 15.9. The number of alkyl halides is 3. The zero-order valence-electron chi connectivity index (χ0n) is 27.7. The predicted molar refractivity (Wildman–Crippen MR) is 171 cm³/mol. The maximum Gasteiger partial charge on any atom is 0.471 e. The molecule has 268 valence electrons. The third kappa shape index (κ3) is 5.85. The summed E-state index contributed by atoms with van der Waals surface area (Å²) in [5.41, 5.74) is 0.0299. The van der Waals surface area contributed by atoms with E-state index in [1.807, 2.05) is 0 Å². The Hall–Kier alpha value is -3.97. The van der Waals surface area contributed by atoms with Gasteiger partial charge in [0.2, 0.25) is 23.5 Å². The first-order valence-electron chi connectivity index (χ1n) is 18.0. The number of rotatable bonds is 9. The average Bonchev–Trinajstić information content (AvgIpc) is 3.85. The van der Waals surface area contributed by atoms with Gasteiger partial charge in [-0.25, -0.2) is 4.98 Å². The van der Waals surface area contributed by atoms with Gasteiger partial charge in [0.1, 0.15) is 17.6 Å². The number of amides is 4. The van der Waals surface area contributed by atoms with Crippen molar-refractivity contribution in [3.63, 3.8) is 0 Å². The van der Waals surface area contributed by atoms with Crippen molar-refractivity contribution >= 4 is 40.5 Å². The van der Waals surface area contributed by atoms with Crippen LogP contribution in [0.15, 0.2) is 28.7 Å². The van der Waals surface area contributed by atoms with Crippen LogP contribution in [0.5, 0.6) is 0 Å². The van der Waals surface area contributed by atoms with E-state index in [0.29, 0.717) is 67.5 Å². The molecule has 9 rings (SSSR count). The van der Waals surface area contributed by atoms with E-state index in [2.05, 4.69) is 20.9 Å². The lowest BCUT2D eigenvalue weighted by Crippen LogP contribution is -2.65. The zero-order valence-corrected chi connectivity index (χ0v) is 27.7. The van der Waals surface area contributed by atoms with E-state index in [1.165, 1.54) is 4.90 Å². The molecule has 7 fully saturated rings. The number of para-hydroxylation sites is 2. The lowest BCUT2D eigenvalue weighted by atomic mass is 9.47. The number of oxazole rings is 1. The van der Waals surface area contributed by atoms with Gasteiger partial charge in [-0.2, -0.15) is 13.2 Å². The summed E-state index contributed by atoms with van der Waals surface area (Å²) in [5.74, 6) is -4.45. The average molecular weight is 698 g/mol. The fourth-order valence-electron chi connectivity index (χ4n) is 11.0. The Morgan fingerprint density at radius 2 is 1.70 bits per heavy atom.